The zero-order valence-corrected chi connectivity index (χ0v) is 14.6. The molecule has 1 aromatic heterocycles. The summed E-state index contributed by atoms with van der Waals surface area (Å²) in [5.74, 6) is 1.85. The molecule has 6 nitrogen and oxygen atoms in total. The van der Waals surface area contributed by atoms with Gasteiger partial charge < -0.3 is 15.2 Å². The molecule has 22 heavy (non-hydrogen) atoms. The number of urea groups is 1. The topological polar surface area (TPSA) is 71.8 Å². The summed E-state index contributed by atoms with van der Waals surface area (Å²) in [6.07, 6.45) is 3.28. The molecule has 2 aromatic rings. The van der Waals surface area contributed by atoms with Gasteiger partial charge in [-0.2, -0.15) is 0 Å². The quantitative estimate of drug-likeness (QED) is 0.764. The number of anilines is 1. The van der Waals surface area contributed by atoms with Crippen LogP contribution in [0.25, 0.3) is 0 Å². The van der Waals surface area contributed by atoms with E-state index < -0.39 is 0 Å². The first-order chi connectivity index (χ1) is 10.6. The molecule has 1 aromatic carbocycles. The van der Waals surface area contributed by atoms with Gasteiger partial charge in [0.25, 0.3) is 0 Å². The normalized spacial score (nSPS) is 13.5. The third-order valence-electron chi connectivity index (χ3n) is 3.78. The van der Waals surface area contributed by atoms with E-state index in [0.717, 1.165) is 52.3 Å². The fourth-order valence-corrected chi connectivity index (χ4v) is 3.24. The van der Waals surface area contributed by atoms with Crippen LogP contribution in [-0.4, -0.2) is 20.8 Å². The van der Waals surface area contributed by atoms with Crippen molar-refractivity contribution in [1.82, 2.24) is 20.1 Å². The second-order valence-corrected chi connectivity index (χ2v) is 6.65. The lowest BCUT2D eigenvalue weighted by molar-refractivity contribution is 0.251. The van der Waals surface area contributed by atoms with E-state index in [9.17, 15) is 4.79 Å². The van der Waals surface area contributed by atoms with Crippen molar-refractivity contribution in [1.29, 1.82) is 0 Å². The highest BCUT2D eigenvalue weighted by Gasteiger charge is 2.16. The molecule has 0 radical (unpaired) electrons. The Labute approximate surface area is 142 Å². The summed E-state index contributed by atoms with van der Waals surface area (Å²) in [4.78, 5) is 12.0. The molecule has 0 spiro atoms. The van der Waals surface area contributed by atoms with Gasteiger partial charge >= 0.3 is 6.03 Å². The van der Waals surface area contributed by atoms with Crippen molar-refractivity contribution in [3.63, 3.8) is 0 Å². The number of hydrogen-bond acceptors (Lipinski definition) is 3. The van der Waals surface area contributed by atoms with Crippen LogP contribution < -0.4 is 10.6 Å². The van der Waals surface area contributed by atoms with Gasteiger partial charge in [0.15, 0.2) is 5.82 Å². The highest BCUT2D eigenvalue weighted by Crippen LogP contribution is 2.17. The monoisotopic (exact) mass is 411 g/mol. The van der Waals surface area contributed by atoms with Crippen LogP contribution in [0.2, 0.25) is 0 Å². The maximum absolute atomic E-state index is 12.0. The van der Waals surface area contributed by atoms with E-state index in [1.165, 1.54) is 0 Å². The van der Waals surface area contributed by atoms with Crippen LogP contribution in [0.5, 0.6) is 0 Å². The number of nitrogens with one attached hydrogen (secondary N) is 2. The van der Waals surface area contributed by atoms with Gasteiger partial charge in [-0.3, -0.25) is 0 Å². The number of amides is 2. The number of carbonyl (C=O) groups excluding carboxylic acids is 1. The molecule has 0 aliphatic carbocycles. The van der Waals surface area contributed by atoms with Crippen molar-refractivity contribution in [2.75, 3.05) is 5.32 Å². The van der Waals surface area contributed by atoms with E-state index >= 15 is 0 Å². The first-order valence-corrected chi connectivity index (χ1v) is 8.43. The SMILES string of the molecule is Cc1cc(I)ccc1NC(=O)NCc1nnc2n1CCCC2. The Morgan fingerprint density at radius 2 is 2.23 bits per heavy atom. The van der Waals surface area contributed by atoms with Crippen molar-refractivity contribution < 1.29 is 4.79 Å². The third kappa shape index (κ3) is 3.40. The van der Waals surface area contributed by atoms with E-state index in [-0.39, 0.29) is 6.03 Å². The lowest BCUT2D eigenvalue weighted by Crippen LogP contribution is -2.30. The Hall–Kier alpha value is -1.64. The molecule has 2 amide bonds. The van der Waals surface area contributed by atoms with Gasteiger partial charge in [0.2, 0.25) is 0 Å². The number of aromatic nitrogens is 3. The van der Waals surface area contributed by atoms with Crippen LogP contribution >= 0.6 is 22.6 Å². The number of benzene rings is 1. The summed E-state index contributed by atoms with van der Waals surface area (Å²) in [6.45, 7) is 3.31. The van der Waals surface area contributed by atoms with Crippen molar-refractivity contribution in [3.8, 4) is 0 Å². The summed E-state index contributed by atoms with van der Waals surface area (Å²) in [5, 5.41) is 14.1. The molecular formula is C15H18IN5O. The molecule has 2 N–H and O–H groups in total. The highest BCUT2D eigenvalue weighted by molar-refractivity contribution is 14.1. The minimum atomic E-state index is -0.225. The number of nitrogens with zero attached hydrogens (tertiary/aromatic N) is 3. The Morgan fingerprint density at radius 1 is 1.36 bits per heavy atom. The van der Waals surface area contributed by atoms with Crippen LogP contribution in [-0.2, 0) is 19.5 Å². The summed E-state index contributed by atoms with van der Waals surface area (Å²) in [5.41, 5.74) is 1.86. The molecule has 7 heteroatoms. The van der Waals surface area contributed by atoms with Gasteiger partial charge in [-0.15, -0.1) is 10.2 Å². The maximum Gasteiger partial charge on any atom is 0.319 e. The predicted molar refractivity (Wildman–Crippen MR) is 92.7 cm³/mol. The summed E-state index contributed by atoms with van der Waals surface area (Å²) in [6, 6.07) is 5.69. The Balaban J connectivity index is 1.59. The number of halogens is 1. The van der Waals surface area contributed by atoms with Crippen LogP contribution in [0.3, 0.4) is 0 Å². The predicted octanol–water partition coefficient (Wildman–Crippen LogP) is 2.85. The average Bonchev–Trinajstić information content (AvgIpc) is 2.91. The lowest BCUT2D eigenvalue weighted by atomic mass is 10.2. The van der Waals surface area contributed by atoms with Gasteiger partial charge in [-0.25, -0.2) is 4.79 Å². The Bertz CT molecular complexity index is 697. The van der Waals surface area contributed by atoms with Gasteiger partial charge in [-0.05, 0) is 66.1 Å². The summed E-state index contributed by atoms with van der Waals surface area (Å²) in [7, 11) is 0. The molecule has 3 rings (SSSR count). The van der Waals surface area contributed by atoms with Gasteiger partial charge in [0, 0.05) is 22.2 Å². The zero-order valence-electron chi connectivity index (χ0n) is 12.4. The Morgan fingerprint density at radius 3 is 3.05 bits per heavy atom. The Kier molecular flexibility index (Phi) is 4.60. The smallest absolute Gasteiger partial charge is 0.319 e. The standard InChI is InChI=1S/C15H18IN5O/c1-10-8-11(16)5-6-12(10)18-15(22)17-9-14-20-19-13-4-2-3-7-21(13)14/h5-6,8H,2-4,7,9H2,1H3,(H2,17,18,22). The zero-order chi connectivity index (χ0) is 15.5. The third-order valence-corrected chi connectivity index (χ3v) is 4.45. The number of carbonyl (C=O) groups is 1. The van der Waals surface area contributed by atoms with E-state index in [1.54, 1.807) is 0 Å². The minimum absolute atomic E-state index is 0.225. The number of aryl methyl sites for hydroxylation is 2. The maximum atomic E-state index is 12.0. The minimum Gasteiger partial charge on any atom is -0.331 e. The van der Waals surface area contributed by atoms with Crippen molar-refractivity contribution in [3.05, 3.63) is 39.0 Å². The summed E-state index contributed by atoms with van der Waals surface area (Å²) < 4.78 is 3.26. The first-order valence-electron chi connectivity index (χ1n) is 7.35. The lowest BCUT2D eigenvalue weighted by Gasteiger charge is -2.15. The second kappa shape index (κ2) is 6.64. The second-order valence-electron chi connectivity index (χ2n) is 5.41. The molecule has 1 aliphatic heterocycles. The fraction of sp³-hybridized carbons (Fsp3) is 0.400. The van der Waals surface area contributed by atoms with E-state index in [0.29, 0.717) is 6.54 Å². The number of rotatable bonds is 3. The van der Waals surface area contributed by atoms with Crippen LogP contribution in [0, 0.1) is 10.5 Å². The molecule has 0 unspecified atom stereocenters. The molecule has 0 saturated heterocycles. The van der Waals surface area contributed by atoms with E-state index in [1.807, 2.05) is 25.1 Å². The average molecular weight is 411 g/mol. The molecular weight excluding hydrogens is 393 g/mol. The van der Waals surface area contributed by atoms with Crippen LogP contribution in [0.4, 0.5) is 10.5 Å². The van der Waals surface area contributed by atoms with E-state index in [4.69, 9.17) is 0 Å². The van der Waals surface area contributed by atoms with Gasteiger partial charge in [0.05, 0.1) is 6.54 Å². The van der Waals surface area contributed by atoms with Crippen molar-refractivity contribution in [2.24, 2.45) is 0 Å². The van der Waals surface area contributed by atoms with Gasteiger partial charge in [-0.1, -0.05) is 0 Å². The number of hydrogen-bond donors (Lipinski definition) is 2. The molecule has 0 fully saturated rings. The first kappa shape index (κ1) is 15.3. The molecule has 0 bridgehead atoms. The molecule has 1 aliphatic rings. The molecule has 0 atom stereocenters. The number of fused-ring (bicyclic) bond motifs is 1. The highest BCUT2D eigenvalue weighted by atomic mass is 127. The largest absolute Gasteiger partial charge is 0.331 e. The molecule has 116 valence electrons. The summed E-state index contributed by atoms with van der Waals surface area (Å²) >= 11 is 2.25. The van der Waals surface area contributed by atoms with Gasteiger partial charge in [0.1, 0.15) is 5.82 Å². The van der Waals surface area contributed by atoms with Crippen LogP contribution in [0.1, 0.15) is 30.1 Å². The van der Waals surface area contributed by atoms with Crippen LogP contribution in [0.15, 0.2) is 18.2 Å². The molecule has 0 saturated carbocycles. The van der Waals surface area contributed by atoms with E-state index in [2.05, 4.69) is 48.0 Å². The van der Waals surface area contributed by atoms with Crippen molar-refractivity contribution >= 4 is 34.3 Å². The van der Waals surface area contributed by atoms with Crippen molar-refractivity contribution in [2.45, 2.75) is 39.3 Å². The molecule has 2 heterocycles. The fourth-order valence-electron chi connectivity index (χ4n) is 2.59.